The molecule has 1 N–H and O–H groups in total. The molecular weight excluding hydrogens is 303 g/mol. The Labute approximate surface area is 138 Å². The van der Waals surface area contributed by atoms with Crippen molar-refractivity contribution in [3.8, 4) is 0 Å². The van der Waals surface area contributed by atoms with Crippen LogP contribution in [0, 0.1) is 5.92 Å². The zero-order valence-electron chi connectivity index (χ0n) is 13.3. The number of piperidine rings is 1. The number of hydrogen-bond acceptors (Lipinski definition) is 2. The quantitative estimate of drug-likeness (QED) is 0.869. The fourth-order valence-corrected chi connectivity index (χ4v) is 3.09. The first kappa shape index (κ1) is 17.1. The van der Waals surface area contributed by atoms with E-state index < -0.39 is 0 Å². The Balaban J connectivity index is 1.80. The van der Waals surface area contributed by atoms with Crippen LogP contribution in [-0.2, 0) is 6.54 Å². The smallest absolute Gasteiger partial charge is 0.0637 e. The van der Waals surface area contributed by atoms with E-state index in [0.717, 1.165) is 37.7 Å². The van der Waals surface area contributed by atoms with E-state index in [4.69, 9.17) is 23.2 Å². The second kappa shape index (κ2) is 7.32. The fourth-order valence-electron chi connectivity index (χ4n) is 2.71. The molecule has 0 saturated carbocycles. The lowest BCUT2D eigenvalue weighted by atomic mass is 9.95. The number of nitrogens with zero attached hydrogens (tertiary/aromatic N) is 1. The summed E-state index contributed by atoms with van der Waals surface area (Å²) < 4.78 is 0. The third-order valence-corrected chi connectivity index (χ3v) is 4.91. The van der Waals surface area contributed by atoms with Gasteiger partial charge in [0.2, 0.25) is 0 Å². The van der Waals surface area contributed by atoms with E-state index in [1.165, 1.54) is 12.8 Å². The molecule has 1 aromatic rings. The number of halogens is 2. The topological polar surface area (TPSA) is 15.3 Å². The van der Waals surface area contributed by atoms with Gasteiger partial charge in [0.05, 0.1) is 10.0 Å². The number of benzene rings is 1. The first-order chi connectivity index (χ1) is 9.85. The van der Waals surface area contributed by atoms with Crippen LogP contribution in [-0.4, -0.2) is 30.1 Å². The first-order valence-corrected chi connectivity index (χ1v) is 8.51. The summed E-state index contributed by atoms with van der Waals surface area (Å²) in [7, 11) is 0. The second-order valence-electron chi connectivity index (χ2n) is 7.06. The molecule has 1 aromatic carbocycles. The summed E-state index contributed by atoms with van der Waals surface area (Å²) in [6, 6.07) is 5.89. The standard InChI is InChI=1S/C17H26Cl2N2/c1-17(2,3)20-11-13-7-9-21(10-8-13)12-14-5-4-6-15(18)16(14)19/h4-6,13,20H,7-12H2,1-3H3. The van der Waals surface area contributed by atoms with Crippen LogP contribution in [0.1, 0.15) is 39.2 Å². The molecule has 0 bridgehead atoms. The Morgan fingerprint density at radius 2 is 1.86 bits per heavy atom. The summed E-state index contributed by atoms with van der Waals surface area (Å²) in [5.74, 6) is 0.787. The molecule has 0 aromatic heterocycles. The third kappa shape index (κ3) is 5.45. The van der Waals surface area contributed by atoms with E-state index in [0.29, 0.717) is 10.0 Å². The van der Waals surface area contributed by atoms with Gasteiger partial charge in [0.25, 0.3) is 0 Å². The maximum absolute atomic E-state index is 6.27. The van der Waals surface area contributed by atoms with Crippen LogP contribution in [0.15, 0.2) is 18.2 Å². The van der Waals surface area contributed by atoms with E-state index in [2.05, 4.69) is 37.1 Å². The number of nitrogens with one attached hydrogen (secondary N) is 1. The number of hydrogen-bond donors (Lipinski definition) is 1. The van der Waals surface area contributed by atoms with Crippen LogP contribution in [0.4, 0.5) is 0 Å². The van der Waals surface area contributed by atoms with Gasteiger partial charge in [0.15, 0.2) is 0 Å². The van der Waals surface area contributed by atoms with E-state index in [1.807, 2.05) is 12.1 Å². The average molecular weight is 329 g/mol. The van der Waals surface area contributed by atoms with Crippen molar-refractivity contribution in [2.45, 2.75) is 45.7 Å². The molecule has 1 heterocycles. The van der Waals surface area contributed by atoms with Gasteiger partial charge in [-0.1, -0.05) is 35.3 Å². The first-order valence-electron chi connectivity index (χ1n) is 7.75. The van der Waals surface area contributed by atoms with Gasteiger partial charge < -0.3 is 5.32 Å². The lowest BCUT2D eigenvalue weighted by Gasteiger charge is -2.34. The van der Waals surface area contributed by atoms with Crippen molar-refractivity contribution in [2.75, 3.05) is 19.6 Å². The average Bonchev–Trinajstić information content (AvgIpc) is 2.42. The van der Waals surface area contributed by atoms with Gasteiger partial charge >= 0.3 is 0 Å². The molecule has 2 nitrogen and oxygen atoms in total. The monoisotopic (exact) mass is 328 g/mol. The van der Waals surface area contributed by atoms with E-state index >= 15 is 0 Å². The van der Waals surface area contributed by atoms with Gasteiger partial charge in [-0.15, -0.1) is 0 Å². The summed E-state index contributed by atoms with van der Waals surface area (Å²) in [5, 5.41) is 4.97. The normalized spacial score (nSPS) is 18.1. The zero-order valence-corrected chi connectivity index (χ0v) is 14.8. The van der Waals surface area contributed by atoms with Gasteiger partial charge in [0, 0.05) is 12.1 Å². The Kier molecular flexibility index (Phi) is 5.96. The summed E-state index contributed by atoms with van der Waals surface area (Å²) in [5.41, 5.74) is 1.35. The minimum Gasteiger partial charge on any atom is -0.312 e. The molecule has 2 rings (SSSR count). The Morgan fingerprint density at radius 3 is 2.48 bits per heavy atom. The summed E-state index contributed by atoms with van der Waals surface area (Å²) >= 11 is 12.4. The van der Waals surface area contributed by atoms with Crippen molar-refractivity contribution < 1.29 is 0 Å². The maximum Gasteiger partial charge on any atom is 0.0637 e. The Morgan fingerprint density at radius 1 is 1.19 bits per heavy atom. The van der Waals surface area contributed by atoms with E-state index in [1.54, 1.807) is 0 Å². The maximum atomic E-state index is 6.27. The van der Waals surface area contributed by atoms with Crippen LogP contribution < -0.4 is 5.32 Å². The molecule has 0 spiro atoms. The van der Waals surface area contributed by atoms with Crippen molar-refractivity contribution in [3.05, 3.63) is 33.8 Å². The Hall–Kier alpha value is -0.280. The molecule has 1 saturated heterocycles. The summed E-state index contributed by atoms with van der Waals surface area (Å²) in [6.45, 7) is 11.0. The van der Waals surface area contributed by atoms with E-state index in [-0.39, 0.29) is 5.54 Å². The van der Waals surface area contributed by atoms with Crippen molar-refractivity contribution in [3.63, 3.8) is 0 Å². The molecule has 0 radical (unpaired) electrons. The highest BCUT2D eigenvalue weighted by Gasteiger charge is 2.21. The molecular formula is C17H26Cl2N2. The Bertz CT molecular complexity index is 460. The predicted octanol–water partition coefficient (Wildman–Crippen LogP) is 4.59. The molecule has 21 heavy (non-hydrogen) atoms. The molecule has 0 amide bonds. The lowest BCUT2D eigenvalue weighted by molar-refractivity contribution is 0.170. The number of likely N-dealkylation sites (tertiary alicyclic amines) is 1. The summed E-state index contributed by atoms with van der Waals surface area (Å²) in [6.07, 6.45) is 2.50. The van der Waals surface area contributed by atoms with Crippen LogP contribution >= 0.6 is 23.2 Å². The van der Waals surface area contributed by atoms with Crippen LogP contribution in [0.5, 0.6) is 0 Å². The van der Waals surface area contributed by atoms with Crippen molar-refractivity contribution >= 4 is 23.2 Å². The fraction of sp³-hybridized carbons (Fsp3) is 0.647. The molecule has 0 unspecified atom stereocenters. The van der Waals surface area contributed by atoms with Gasteiger partial charge in [-0.3, -0.25) is 4.90 Å². The summed E-state index contributed by atoms with van der Waals surface area (Å²) in [4.78, 5) is 2.48. The van der Waals surface area contributed by atoms with Crippen molar-refractivity contribution in [1.82, 2.24) is 10.2 Å². The highest BCUT2D eigenvalue weighted by Crippen LogP contribution is 2.28. The van der Waals surface area contributed by atoms with Gasteiger partial charge in [0.1, 0.15) is 0 Å². The van der Waals surface area contributed by atoms with Gasteiger partial charge in [-0.25, -0.2) is 0 Å². The van der Waals surface area contributed by atoms with Crippen molar-refractivity contribution in [1.29, 1.82) is 0 Å². The predicted molar refractivity (Wildman–Crippen MR) is 92.2 cm³/mol. The van der Waals surface area contributed by atoms with E-state index in [9.17, 15) is 0 Å². The minimum atomic E-state index is 0.214. The molecule has 1 aliphatic rings. The van der Waals surface area contributed by atoms with Crippen LogP contribution in [0.2, 0.25) is 10.0 Å². The SMILES string of the molecule is CC(C)(C)NCC1CCN(Cc2cccc(Cl)c2Cl)CC1. The second-order valence-corrected chi connectivity index (χ2v) is 7.85. The minimum absolute atomic E-state index is 0.214. The number of rotatable bonds is 4. The molecule has 1 fully saturated rings. The highest BCUT2D eigenvalue weighted by atomic mass is 35.5. The van der Waals surface area contributed by atoms with Crippen LogP contribution in [0.25, 0.3) is 0 Å². The lowest BCUT2D eigenvalue weighted by Crippen LogP contribution is -2.42. The van der Waals surface area contributed by atoms with Gasteiger partial charge in [-0.05, 0) is 70.8 Å². The van der Waals surface area contributed by atoms with Crippen LogP contribution in [0.3, 0.4) is 0 Å². The molecule has 1 aliphatic heterocycles. The molecule has 118 valence electrons. The zero-order chi connectivity index (χ0) is 15.5. The van der Waals surface area contributed by atoms with Gasteiger partial charge in [-0.2, -0.15) is 0 Å². The third-order valence-electron chi connectivity index (χ3n) is 4.05. The highest BCUT2D eigenvalue weighted by molar-refractivity contribution is 6.42. The largest absolute Gasteiger partial charge is 0.312 e. The molecule has 0 atom stereocenters. The molecule has 4 heteroatoms. The van der Waals surface area contributed by atoms with Crippen molar-refractivity contribution in [2.24, 2.45) is 5.92 Å². The molecule has 0 aliphatic carbocycles.